The molecule has 0 unspecified atom stereocenters. The Morgan fingerprint density at radius 1 is 1.41 bits per heavy atom. The number of thiocarbonyl (C=S) groups is 1. The van der Waals surface area contributed by atoms with E-state index >= 15 is 0 Å². The van der Waals surface area contributed by atoms with Crippen LogP contribution in [0.25, 0.3) is 0 Å². The summed E-state index contributed by atoms with van der Waals surface area (Å²) in [5.74, 6) is -0.104. The van der Waals surface area contributed by atoms with Gasteiger partial charge in [0.25, 0.3) is 0 Å². The van der Waals surface area contributed by atoms with E-state index in [1.54, 1.807) is 18.7 Å². The number of rotatable bonds is 7. The van der Waals surface area contributed by atoms with Crippen molar-refractivity contribution in [2.45, 2.75) is 46.6 Å². The molecule has 0 radical (unpaired) electrons. The van der Waals surface area contributed by atoms with Gasteiger partial charge in [-0.2, -0.15) is 0 Å². The van der Waals surface area contributed by atoms with Crippen molar-refractivity contribution in [1.82, 2.24) is 4.90 Å². The average molecular weight is 260 g/mol. The van der Waals surface area contributed by atoms with Gasteiger partial charge in [0.05, 0.1) is 17.0 Å². The lowest BCUT2D eigenvalue weighted by atomic mass is 9.90. The Morgan fingerprint density at radius 3 is 2.18 bits per heavy atom. The van der Waals surface area contributed by atoms with E-state index in [0.29, 0.717) is 6.54 Å². The van der Waals surface area contributed by atoms with E-state index in [1.165, 1.54) is 0 Å². The molecule has 0 aromatic rings. The summed E-state index contributed by atoms with van der Waals surface area (Å²) in [7, 11) is 0. The van der Waals surface area contributed by atoms with Gasteiger partial charge in [0.1, 0.15) is 0 Å². The summed E-state index contributed by atoms with van der Waals surface area (Å²) in [6, 6.07) is 0.128. The van der Waals surface area contributed by atoms with Crippen LogP contribution in [-0.4, -0.2) is 40.1 Å². The normalized spacial score (nSPS) is 11.6. The summed E-state index contributed by atoms with van der Waals surface area (Å²) in [4.78, 5) is 14.3. The summed E-state index contributed by atoms with van der Waals surface area (Å²) in [5.41, 5.74) is 4.76. The van der Waals surface area contributed by atoms with Crippen LogP contribution in [0.1, 0.15) is 40.5 Å². The molecule has 0 atom stereocenters. The minimum Gasteiger partial charge on any atom is -0.395 e. The molecule has 0 aliphatic rings. The maximum absolute atomic E-state index is 12.4. The fraction of sp³-hybridized carbons (Fsp3) is 0.833. The molecule has 1 amide bonds. The number of carbonyl (C=O) groups excluding carboxylic acids is 1. The third-order valence-electron chi connectivity index (χ3n) is 3.14. The third kappa shape index (κ3) is 3.92. The fourth-order valence-electron chi connectivity index (χ4n) is 1.75. The number of carbonyl (C=O) groups is 1. The second-order valence-corrected chi connectivity index (χ2v) is 5.12. The topological polar surface area (TPSA) is 66.6 Å². The summed E-state index contributed by atoms with van der Waals surface area (Å²) in [6.45, 7) is 7.79. The van der Waals surface area contributed by atoms with Crippen LogP contribution in [0.4, 0.5) is 0 Å². The monoisotopic (exact) mass is 260 g/mol. The average Bonchev–Trinajstić information content (AvgIpc) is 2.28. The van der Waals surface area contributed by atoms with E-state index in [-0.39, 0.29) is 23.5 Å². The van der Waals surface area contributed by atoms with Gasteiger partial charge in [0.15, 0.2) is 0 Å². The summed E-state index contributed by atoms with van der Waals surface area (Å²) in [5, 5.41) is 9.07. The van der Waals surface area contributed by atoms with Gasteiger partial charge in [0.2, 0.25) is 5.91 Å². The fourth-order valence-corrected chi connectivity index (χ4v) is 1.84. The molecule has 0 aliphatic carbocycles. The largest absolute Gasteiger partial charge is 0.395 e. The maximum Gasteiger partial charge on any atom is 0.235 e. The first-order valence-corrected chi connectivity index (χ1v) is 6.45. The van der Waals surface area contributed by atoms with Crippen molar-refractivity contribution < 1.29 is 9.90 Å². The van der Waals surface area contributed by atoms with Gasteiger partial charge >= 0.3 is 0 Å². The molecule has 0 aliphatic heterocycles. The number of hydrogen-bond acceptors (Lipinski definition) is 3. The van der Waals surface area contributed by atoms with Crippen molar-refractivity contribution in [2.75, 3.05) is 13.2 Å². The Bertz CT molecular complexity index is 276. The molecule has 0 heterocycles. The highest BCUT2D eigenvalue weighted by atomic mass is 32.1. The van der Waals surface area contributed by atoms with Crippen LogP contribution in [-0.2, 0) is 4.79 Å². The number of amides is 1. The van der Waals surface area contributed by atoms with Gasteiger partial charge in [0, 0.05) is 12.6 Å². The minimum atomic E-state index is -0.854. The molecule has 3 N–H and O–H groups in total. The molecule has 0 aromatic heterocycles. The van der Waals surface area contributed by atoms with Crippen molar-refractivity contribution in [3.05, 3.63) is 0 Å². The summed E-state index contributed by atoms with van der Waals surface area (Å²) >= 11 is 4.94. The molecule has 100 valence electrons. The zero-order valence-corrected chi connectivity index (χ0v) is 12.0. The Labute approximate surface area is 109 Å². The number of aliphatic hydroxyl groups excluding tert-OH is 1. The van der Waals surface area contributed by atoms with Gasteiger partial charge in [-0.05, 0) is 26.7 Å². The van der Waals surface area contributed by atoms with E-state index in [4.69, 9.17) is 23.1 Å². The highest BCUT2D eigenvalue weighted by molar-refractivity contribution is 7.80. The van der Waals surface area contributed by atoms with E-state index in [9.17, 15) is 4.79 Å². The van der Waals surface area contributed by atoms with Gasteiger partial charge in [-0.3, -0.25) is 4.79 Å². The van der Waals surface area contributed by atoms with Crippen LogP contribution in [0.2, 0.25) is 0 Å². The number of aliphatic hydroxyl groups is 1. The van der Waals surface area contributed by atoms with Crippen molar-refractivity contribution in [2.24, 2.45) is 11.1 Å². The maximum atomic E-state index is 12.4. The Hall–Kier alpha value is -0.680. The molecule has 0 spiro atoms. The van der Waals surface area contributed by atoms with Crippen LogP contribution in [0.15, 0.2) is 0 Å². The molecular weight excluding hydrogens is 236 g/mol. The number of nitrogens with two attached hydrogens (primary N) is 1. The molecule has 0 saturated heterocycles. The first-order valence-electron chi connectivity index (χ1n) is 6.04. The molecule has 5 heteroatoms. The Morgan fingerprint density at radius 2 is 1.88 bits per heavy atom. The first kappa shape index (κ1) is 16.3. The van der Waals surface area contributed by atoms with Crippen LogP contribution in [0.3, 0.4) is 0 Å². The predicted molar refractivity (Wildman–Crippen MR) is 73.7 cm³/mol. The molecule has 0 saturated carbocycles. The molecule has 0 fully saturated rings. The molecule has 17 heavy (non-hydrogen) atoms. The van der Waals surface area contributed by atoms with Crippen molar-refractivity contribution in [3.63, 3.8) is 0 Å². The van der Waals surface area contributed by atoms with Crippen LogP contribution in [0, 0.1) is 5.41 Å². The van der Waals surface area contributed by atoms with Crippen molar-refractivity contribution in [1.29, 1.82) is 0 Å². The van der Waals surface area contributed by atoms with Gasteiger partial charge < -0.3 is 15.7 Å². The Balaban J connectivity index is 5.06. The zero-order chi connectivity index (χ0) is 13.6. The number of hydrogen-bond donors (Lipinski definition) is 2. The lowest BCUT2D eigenvalue weighted by Crippen LogP contribution is -2.51. The molecule has 0 aromatic carbocycles. The standard InChI is InChI=1S/C12H24N2O2S/c1-5-9(6-2)14(7-8-15)11(16)12(3,4)10(13)17/h9,15H,5-8H2,1-4H3,(H2,13,17). The van der Waals surface area contributed by atoms with Gasteiger partial charge in [-0.15, -0.1) is 0 Å². The van der Waals surface area contributed by atoms with E-state index in [0.717, 1.165) is 12.8 Å². The second-order valence-electron chi connectivity index (χ2n) is 4.68. The molecular formula is C12H24N2O2S. The summed E-state index contributed by atoms with van der Waals surface area (Å²) < 4.78 is 0. The quantitative estimate of drug-likeness (QED) is 0.677. The van der Waals surface area contributed by atoms with Gasteiger partial charge in [-0.1, -0.05) is 26.1 Å². The molecule has 0 rings (SSSR count). The summed E-state index contributed by atoms with van der Waals surface area (Å²) in [6.07, 6.45) is 1.71. The zero-order valence-electron chi connectivity index (χ0n) is 11.2. The predicted octanol–water partition coefficient (Wildman–Crippen LogP) is 1.31. The van der Waals surface area contributed by atoms with Crippen LogP contribution >= 0.6 is 12.2 Å². The van der Waals surface area contributed by atoms with E-state index in [1.807, 2.05) is 13.8 Å². The highest BCUT2D eigenvalue weighted by Gasteiger charge is 2.36. The molecule has 0 bridgehead atoms. The smallest absolute Gasteiger partial charge is 0.235 e. The van der Waals surface area contributed by atoms with E-state index < -0.39 is 5.41 Å². The van der Waals surface area contributed by atoms with Crippen LogP contribution in [0.5, 0.6) is 0 Å². The number of nitrogens with zero attached hydrogens (tertiary/aromatic N) is 1. The van der Waals surface area contributed by atoms with E-state index in [2.05, 4.69) is 0 Å². The minimum absolute atomic E-state index is 0.0460. The SMILES string of the molecule is CCC(CC)N(CCO)C(=O)C(C)(C)C(N)=S. The Kier molecular flexibility index (Phi) is 6.64. The second kappa shape index (κ2) is 6.91. The lowest BCUT2D eigenvalue weighted by molar-refractivity contribution is -0.140. The van der Waals surface area contributed by atoms with Gasteiger partial charge in [-0.25, -0.2) is 0 Å². The first-order chi connectivity index (χ1) is 7.82. The third-order valence-corrected chi connectivity index (χ3v) is 3.65. The van der Waals surface area contributed by atoms with Crippen molar-refractivity contribution >= 4 is 23.1 Å². The van der Waals surface area contributed by atoms with Crippen LogP contribution < -0.4 is 5.73 Å². The highest BCUT2D eigenvalue weighted by Crippen LogP contribution is 2.22. The van der Waals surface area contributed by atoms with Crippen molar-refractivity contribution in [3.8, 4) is 0 Å². The molecule has 4 nitrogen and oxygen atoms in total. The lowest BCUT2D eigenvalue weighted by Gasteiger charge is -2.36.